The summed E-state index contributed by atoms with van der Waals surface area (Å²) in [5.74, 6) is 0.691. The lowest BCUT2D eigenvalue weighted by Crippen LogP contribution is -2.52. The quantitative estimate of drug-likeness (QED) is 0.244. The van der Waals surface area contributed by atoms with Gasteiger partial charge in [-0.2, -0.15) is 0 Å². The van der Waals surface area contributed by atoms with Gasteiger partial charge in [-0.3, -0.25) is 9.59 Å². The highest BCUT2D eigenvalue weighted by Gasteiger charge is 2.31. The molecule has 38 heavy (non-hydrogen) atoms. The number of ether oxygens (including phenoxy) is 1. The molecule has 0 heterocycles. The molecule has 1 atom stereocenters. The van der Waals surface area contributed by atoms with Gasteiger partial charge < -0.3 is 15.0 Å². The minimum atomic E-state index is -0.592. The van der Waals surface area contributed by atoms with Gasteiger partial charge >= 0.3 is 0 Å². The number of carbonyl (C=O) groups is 2. The third-order valence-corrected chi connectivity index (χ3v) is 7.56. The van der Waals surface area contributed by atoms with Crippen molar-refractivity contribution in [1.29, 1.82) is 0 Å². The first-order chi connectivity index (χ1) is 18.6. The topological polar surface area (TPSA) is 58.6 Å². The highest BCUT2D eigenvalue weighted by molar-refractivity contribution is 9.10. The Hall–Kier alpha value is -3.12. The molecular weight excluding hydrogens is 540 g/mol. The number of hydrogen-bond acceptors (Lipinski definition) is 3. The second-order valence-corrected chi connectivity index (χ2v) is 10.9. The lowest BCUT2D eigenvalue weighted by molar-refractivity contribution is -0.141. The summed E-state index contributed by atoms with van der Waals surface area (Å²) in [5.41, 5.74) is 2.03. The standard InChI is InChI=1S/C32H37BrN2O3/c33-27-20-18-26(19-21-27)24-35(31(36)17-10-22-38-29-15-8-3-9-16-29)30(23-25-11-4-1-5-12-25)32(37)34-28-13-6-2-7-14-28/h1,3-5,8-9,11-12,15-16,18-21,28,30H,2,6-7,10,13-14,17,22-24H2,(H,34,37). The maximum Gasteiger partial charge on any atom is 0.243 e. The van der Waals surface area contributed by atoms with Crippen LogP contribution < -0.4 is 10.1 Å². The molecule has 0 bridgehead atoms. The molecule has 1 fully saturated rings. The average Bonchev–Trinajstić information content (AvgIpc) is 2.95. The number of carbonyl (C=O) groups excluding carboxylic acids is 2. The maximum atomic E-state index is 13.8. The van der Waals surface area contributed by atoms with Gasteiger partial charge in [0.25, 0.3) is 0 Å². The molecule has 0 saturated heterocycles. The first kappa shape index (κ1) is 27.9. The molecule has 4 rings (SSSR count). The summed E-state index contributed by atoms with van der Waals surface area (Å²) in [4.78, 5) is 29.3. The highest BCUT2D eigenvalue weighted by atomic mass is 79.9. The molecule has 0 aliphatic heterocycles. The van der Waals surface area contributed by atoms with E-state index in [4.69, 9.17) is 4.74 Å². The summed E-state index contributed by atoms with van der Waals surface area (Å²) in [6.45, 7) is 0.820. The van der Waals surface area contributed by atoms with Gasteiger partial charge in [-0.15, -0.1) is 0 Å². The Morgan fingerprint density at radius 3 is 2.21 bits per heavy atom. The Balaban J connectivity index is 1.52. The number of hydrogen-bond donors (Lipinski definition) is 1. The number of rotatable bonds is 12. The van der Waals surface area contributed by atoms with Crippen molar-refractivity contribution in [2.24, 2.45) is 0 Å². The van der Waals surface area contributed by atoms with Crippen LogP contribution in [0.5, 0.6) is 5.75 Å². The van der Waals surface area contributed by atoms with Crippen molar-refractivity contribution < 1.29 is 14.3 Å². The van der Waals surface area contributed by atoms with Crippen LogP contribution in [-0.4, -0.2) is 35.4 Å². The van der Waals surface area contributed by atoms with E-state index in [0.717, 1.165) is 47.0 Å². The number of halogens is 1. The van der Waals surface area contributed by atoms with Gasteiger partial charge in [0.05, 0.1) is 6.61 Å². The largest absolute Gasteiger partial charge is 0.494 e. The molecule has 2 amide bonds. The molecular formula is C32H37BrN2O3. The number of nitrogens with zero attached hydrogens (tertiary/aromatic N) is 1. The highest BCUT2D eigenvalue weighted by Crippen LogP contribution is 2.21. The van der Waals surface area contributed by atoms with Crippen molar-refractivity contribution in [3.63, 3.8) is 0 Å². The van der Waals surface area contributed by atoms with Gasteiger partial charge in [-0.05, 0) is 54.7 Å². The van der Waals surface area contributed by atoms with E-state index < -0.39 is 6.04 Å². The number of nitrogens with one attached hydrogen (secondary N) is 1. The Labute approximate surface area is 234 Å². The molecule has 3 aromatic rings. The smallest absolute Gasteiger partial charge is 0.243 e. The molecule has 200 valence electrons. The Morgan fingerprint density at radius 1 is 0.868 bits per heavy atom. The monoisotopic (exact) mass is 576 g/mol. The summed E-state index contributed by atoms with van der Waals surface area (Å²) in [6, 6.07) is 27.1. The fourth-order valence-electron chi connectivity index (χ4n) is 4.96. The van der Waals surface area contributed by atoms with Crippen LogP contribution in [0.4, 0.5) is 0 Å². The zero-order valence-electron chi connectivity index (χ0n) is 21.9. The molecule has 0 spiro atoms. The molecule has 0 radical (unpaired) electrons. The van der Waals surface area contributed by atoms with E-state index in [9.17, 15) is 9.59 Å². The minimum absolute atomic E-state index is 0.0377. The first-order valence-electron chi connectivity index (χ1n) is 13.6. The molecule has 3 aromatic carbocycles. The molecule has 0 aromatic heterocycles. The second-order valence-electron chi connectivity index (χ2n) is 9.96. The van der Waals surface area contributed by atoms with Crippen molar-refractivity contribution in [2.45, 2.75) is 70.0 Å². The number of amides is 2. The number of benzene rings is 3. The summed E-state index contributed by atoms with van der Waals surface area (Å²) in [7, 11) is 0. The van der Waals surface area contributed by atoms with Crippen LogP contribution in [0.15, 0.2) is 89.4 Å². The predicted molar refractivity (Wildman–Crippen MR) is 155 cm³/mol. The van der Waals surface area contributed by atoms with E-state index in [1.807, 2.05) is 84.9 Å². The third-order valence-electron chi connectivity index (χ3n) is 7.04. The van der Waals surface area contributed by atoms with Crippen molar-refractivity contribution >= 4 is 27.7 Å². The zero-order chi connectivity index (χ0) is 26.6. The van der Waals surface area contributed by atoms with Crippen molar-refractivity contribution in [3.05, 3.63) is 101 Å². The summed E-state index contributed by atoms with van der Waals surface area (Å²) in [5, 5.41) is 3.29. The summed E-state index contributed by atoms with van der Waals surface area (Å²) >= 11 is 3.50. The van der Waals surface area contributed by atoms with Gasteiger partial charge in [0.15, 0.2) is 0 Å². The zero-order valence-corrected chi connectivity index (χ0v) is 23.4. The van der Waals surface area contributed by atoms with E-state index in [1.54, 1.807) is 4.90 Å². The molecule has 1 aliphatic carbocycles. The number of para-hydroxylation sites is 1. The van der Waals surface area contributed by atoms with Crippen LogP contribution in [0.2, 0.25) is 0 Å². The van der Waals surface area contributed by atoms with E-state index in [-0.39, 0.29) is 17.9 Å². The third kappa shape index (κ3) is 8.73. The van der Waals surface area contributed by atoms with Gasteiger partial charge in [-0.25, -0.2) is 0 Å². The predicted octanol–water partition coefficient (Wildman–Crippen LogP) is 6.70. The van der Waals surface area contributed by atoms with Crippen LogP contribution in [-0.2, 0) is 22.6 Å². The Kier molecular flexibility index (Phi) is 10.8. The van der Waals surface area contributed by atoms with Gasteiger partial charge in [0, 0.05) is 29.9 Å². The minimum Gasteiger partial charge on any atom is -0.494 e. The fourth-order valence-corrected chi connectivity index (χ4v) is 5.22. The van der Waals surface area contributed by atoms with Crippen LogP contribution in [0.3, 0.4) is 0 Å². The van der Waals surface area contributed by atoms with Crippen molar-refractivity contribution in [3.8, 4) is 5.75 Å². The lowest BCUT2D eigenvalue weighted by atomic mass is 9.94. The maximum absolute atomic E-state index is 13.8. The van der Waals surface area contributed by atoms with E-state index in [1.165, 1.54) is 6.42 Å². The Bertz CT molecular complexity index is 1130. The van der Waals surface area contributed by atoms with Gasteiger partial charge in [-0.1, -0.05) is 95.9 Å². The molecule has 1 unspecified atom stereocenters. The second kappa shape index (κ2) is 14.7. The average molecular weight is 578 g/mol. The fraction of sp³-hybridized carbons (Fsp3) is 0.375. The summed E-state index contributed by atoms with van der Waals surface area (Å²) in [6.07, 6.45) is 6.86. The molecule has 6 heteroatoms. The normalized spacial score (nSPS) is 14.4. The molecule has 1 saturated carbocycles. The molecule has 1 N–H and O–H groups in total. The van der Waals surface area contributed by atoms with Crippen molar-refractivity contribution in [1.82, 2.24) is 10.2 Å². The van der Waals surface area contributed by atoms with Gasteiger partial charge in [0.1, 0.15) is 11.8 Å². The molecule has 5 nitrogen and oxygen atoms in total. The van der Waals surface area contributed by atoms with Crippen LogP contribution in [0, 0.1) is 0 Å². The van der Waals surface area contributed by atoms with E-state index in [0.29, 0.717) is 32.4 Å². The SMILES string of the molecule is O=C(NC1CCCCC1)C(Cc1ccccc1)N(Cc1ccc(Br)cc1)C(=O)CCCOc1ccccc1. The van der Waals surface area contributed by atoms with Crippen LogP contribution in [0.25, 0.3) is 0 Å². The summed E-state index contributed by atoms with van der Waals surface area (Å²) < 4.78 is 6.80. The molecule has 1 aliphatic rings. The van der Waals surface area contributed by atoms with Crippen LogP contribution >= 0.6 is 15.9 Å². The van der Waals surface area contributed by atoms with E-state index >= 15 is 0 Å². The van der Waals surface area contributed by atoms with Crippen LogP contribution in [0.1, 0.15) is 56.1 Å². The van der Waals surface area contributed by atoms with Gasteiger partial charge in [0.2, 0.25) is 11.8 Å². The van der Waals surface area contributed by atoms with E-state index in [2.05, 4.69) is 21.2 Å². The Morgan fingerprint density at radius 2 is 1.53 bits per heavy atom. The van der Waals surface area contributed by atoms with Crippen molar-refractivity contribution in [2.75, 3.05) is 6.61 Å². The lowest BCUT2D eigenvalue weighted by Gasteiger charge is -2.33. The first-order valence-corrected chi connectivity index (χ1v) is 14.4.